The third kappa shape index (κ3) is 2.54. The van der Waals surface area contributed by atoms with Gasteiger partial charge in [-0.15, -0.1) is 0 Å². The maximum Gasteiger partial charge on any atom is 0.356 e. The van der Waals surface area contributed by atoms with E-state index in [4.69, 9.17) is 0 Å². The molecule has 0 amide bonds. The number of nitrogens with zero attached hydrogens (tertiary/aromatic N) is 4. The Labute approximate surface area is 123 Å². The number of carbonyl (C=O) groups is 1. The summed E-state index contributed by atoms with van der Waals surface area (Å²) in [6, 6.07) is 5.56. The van der Waals surface area contributed by atoms with E-state index in [-0.39, 0.29) is 5.69 Å². The van der Waals surface area contributed by atoms with Crippen LogP contribution in [0.5, 0.6) is 0 Å². The number of pyridine rings is 1. The van der Waals surface area contributed by atoms with Crippen LogP contribution in [0, 0.1) is 0 Å². The molecule has 2 aromatic rings. The Kier molecular flexibility index (Phi) is 3.70. The average Bonchev–Trinajstić information content (AvgIpc) is 2.87. The van der Waals surface area contributed by atoms with Crippen molar-refractivity contribution in [3.8, 4) is 5.82 Å². The molecular formula is C15H18N4O2. The van der Waals surface area contributed by atoms with E-state index >= 15 is 0 Å². The Morgan fingerprint density at radius 1 is 1.43 bits per heavy atom. The number of rotatable bonds is 4. The highest BCUT2D eigenvalue weighted by Gasteiger charge is 2.28. The van der Waals surface area contributed by atoms with E-state index in [9.17, 15) is 9.90 Å². The summed E-state index contributed by atoms with van der Waals surface area (Å²) in [5, 5.41) is 13.7. The first-order valence-corrected chi connectivity index (χ1v) is 7.18. The van der Waals surface area contributed by atoms with E-state index in [2.05, 4.69) is 21.9 Å². The molecule has 110 valence electrons. The summed E-state index contributed by atoms with van der Waals surface area (Å²) in [4.78, 5) is 18.0. The highest BCUT2D eigenvalue weighted by atomic mass is 16.4. The number of aromatic carboxylic acids is 1. The Morgan fingerprint density at radius 2 is 2.29 bits per heavy atom. The Balaban J connectivity index is 2.05. The lowest BCUT2D eigenvalue weighted by molar-refractivity contribution is 0.0687. The Hall–Kier alpha value is -2.21. The monoisotopic (exact) mass is 286 g/mol. The van der Waals surface area contributed by atoms with Crippen molar-refractivity contribution in [3.05, 3.63) is 41.3 Å². The van der Waals surface area contributed by atoms with Crippen LogP contribution < -0.4 is 0 Å². The molecule has 0 saturated heterocycles. The molecule has 0 aromatic carbocycles. The molecule has 6 nitrogen and oxygen atoms in total. The minimum atomic E-state index is -0.973. The fourth-order valence-electron chi connectivity index (χ4n) is 2.82. The molecule has 1 N–H and O–H groups in total. The zero-order valence-electron chi connectivity index (χ0n) is 12.0. The van der Waals surface area contributed by atoms with E-state index in [1.807, 2.05) is 18.2 Å². The second kappa shape index (κ2) is 5.65. The number of fused-ring (bicyclic) bond motifs is 1. The van der Waals surface area contributed by atoms with Crippen molar-refractivity contribution in [2.24, 2.45) is 0 Å². The molecule has 0 aliphatic carbocycles. The van der Waals surface area contributed by atoms with Gasteiger partial charge >= 0.3 is 5.97 Å². The lowest BCUT2D eigenvalue weighted by Crippen LogP contribution is -2.32. The van der Waals surface area contributed by atoms with Gasteiger partial charge in [0.25, 0.3) is 0 Å². The van der Waals surface area contributed by atoms with Crippen molar-refractivity contribution in [1.29, 1.82) is 0 Å². The number of hydrogen-bond acceptors (Lipinski definition) is 4. The Morgan fingerprint density at radius 3 is 2.95 bits per heavy atom. The van der Waals surface area contributed by atoms with E-state index < -0.39 is 5.97 Å². The lowest BCUT2D eigenvalue weighted by Gasteiger charge is -2.26. The van der Waals surface area contributed by atoms with Crippen LogP contribution in [0.25, 0.3) is 5.82 Å². The fourth-order valence-corrected chi connectivity index (χ4v) is 2.82. The van der Waals surface area contributed by atoms with Gasteiger partial charge in [0.1, 0.15) is 0 Å². The van der Waals surface area contributed by atoms with Gasteiger partial charge in [-0.3, -0.25) is 4.90 Å². The summed E-state index contributed by atoms with van der Waals surface area (Å²) >= 11 is 0. The summed E-state index contributed by atoms with van der Waals surface area (Å²) in [7, 11) is 0. The zero-order chi connectivity index (χ0) is 14.8. The van der Waals surface area contributed by atoms with Crippen LogP contribution in [-0.4, -0.2) is 43.8 Å². The summed E-state index contributed by atoms with van der Waals surface area (Å²) in [5.41, 5.74) is 1.95. The van der Waals surface area contributed by atoms with E-state index in [0.29, 0.717) is 12.4 Å². The molecule has 1 aliphatic rings. The van der Waals surface area contributed by atoms with Gasteiger partial charge < -0.3 is 5.11 Å². The van der Waals surface area contributed by atoms with Gasteiger partial charge in [0.05, 0.1) is 5.69 Å². The van der Waals surface area contributed by atoms with E-state index in [1.165, 1.54) is 0 Å². The molecule has 2 aromatic heterocycles. The molecule has 0 saturated carbocycles. The predicted octanol–water partition coefficient (Wildman–Crippen LogP) is 1.73. The molecule has 6 heteroatoms. The highest BCUT2D eigenvalue weighted by molar-refractivity contribution is 5.87. The molecule has 0 spiro atoms. The fraction of sp³-hybridized carbons (Fsp3) is 0.400. The van der Waals surface area contributed by atoms with Crippen molar-refractivity contribution in [2.45, 2.75) is 26.3 Å². The van der Waals surface area contributed by atoms with Crippen molar-refractivity contribution >= 4 is 5.97 Å². The van der Waals surface area contributed by atoms with E-state index in [0.717, 1.165) is 37.2 Å². The summed E-state index contributed by atoms with van der Waals surface area (Å²) in [6.07, 6.45) is 3.55. The molecule has 0 bridgehead atoms. The molecule has 0 unspecified atom stereocenters. The normalized spacial score (nSPS) is 14.9. The SMILES string of the molecule is CCCN1CCc2c(c(C(=O)O)nn2-c2ccccn2)C1. The van der Waals surface area contributed by atoms with Crippen molar-refractivity contribution < 1.29 is 9.90 Å². The molecule has 3 heterocycles. The van der Waals surface area contributed by atoms with Gasteiger partial charge in [0.15, 0.2) is 11.5 Å². The zero-order valence-corrected chi connectivity index (χ0v) is 12.0. The first-order valence-electron chi connectivity index (χ1n) is 7.18. The summed E-state index contributed by atoms with van der Waals surface area (Å²) in [6.45, 7) is 4.69. The molecular weight excluding hydrogens is 268 g/mol. The third-order valence-electron chi connectivity index (χ3n) is 3.75. The minimum Gasteiger partial charge on any atom is -0.476 e. The maximum atomic E-state index is 11.5. The smallest absolute Gasteiger partial charge is 0.356 e. The summed E-state index contributed by atoms with van der Waals surface area (Å²) in [5.74, 6) is -0.301. The molecule has 3 rings (SSSR count). The number of carboxylic acid groups (broad SMARTS) is 1. The van der Waals surface area contributed by atoms with E-state index in [1.54, 1.807) is 10.9 Å². The number of aromatic nitrogens is 3. The van der Waals surface area contributed by atoms with Crippen LogP contribution in [0.3, 0.4) is 0 Å². The standard InChI is InChI=1S/C15H18N4O2/c1-2-8-18-9-6-12-11(10-18)14(15(20)21)17-19(12)13-5-3-4-7-16-13/h3-5,7H,2,6,8-10H2,1H3,(H,20,21). The van der Waals surface area contributed by atoms with Gasteiger partial charge in [-0.25, -0.2) is 14.5 Å². The molecule has 0 radical (unpaired) electrons. The number of carboxylic acids is 1. The molecule has 21 heavy (non-hydrogen) atoms. The first-order chi connectivity index (χ1) is 10.2. The maximum absolute atomic E-state index is 11.5. The molecule has 1 aliphatic heterocycles. The first kappa shape index (κ1) is 13.8. The largest absolute Gasteiger partial charge is 0.476 e. The van der Waals surface area contributed by atoms with Gasteiger partial charge in [-0.2, -0.15) is 5.10 Å². The van der Waals surface area contributed by atoms with Crippen molar-refractivity contribution in [1.82, 2.24) is 19.7 Å². The van der Waals surface area contributed by atoms with Gasteiger partial charge in [0.2, 0.25) is 0 Å². The minimum absolute atomic E-state index is 0.149. The predicted molar refractivity (Wildman–Crippen MR) is 77.6 cm³/mol. The second-order valence-corrected chi connectivity index (χ2v) is 5.20. The second-order valence-electron chi connectivity index (χ2n) is 5.20. The van der Waals surface area contributed by atoms with Crippen LogP contribution >= 0.6 is 0 Å². The van der Waals surface area contributed by atoms with Crippen molar-refractivity contribution in [2.75, 3.05) is 13.1 Å². The van der Waals surface area contributed by atoms with Crippen LogP contribution in [-0.2, 0) is 13.0 Å². The van der Waals surface area contributed by atoms with Crippen molar-refractivity contribution in [3.63, 3.8) is 0 Å². The van der Waals surface area contributed by atoms with Gasteiger partial charge in [-0.05, 0) is 25.1 Å². The van der Waals surface area contributed by atoms with Crippen LogP contribution in [0.4, 0.5) is 0 Å². The van der Waals surface area contributed by atoms with Gasteiger partial charge in [0, 0.05) is 31.3 Å². The van der Waals surface area contributed by atoms with Crippen LogP contribution in [0.15, 0.2) is 24.4 Å². The Bertz CT molecular complexity index is 651. The number of hydrogen-bond donors (Lipinski definition) is 1. The highest BCUT2D eigenvalue weighted by Crippen LogP contribution is 2.24. The lowest BCUT2D eigenvalue weighted by atomic mass is 10.0. The summed E-state index contributed by atoms with van der Waals surface area (Å²) < 4.78 is 1.68. The quantitative estimate of drug-likeness (QED) is 0.927. The average molecular weight is 286 g/mol. The van der Waals surface area contributed by atoms with Crippen LogP contribution in [0.2, 0.25) is 0 Å². The third-order valence-corrected chi connectivity index (χ3v) is 3.75. The molecule has 0 fully saturated rings. The topological polar surface area (TPSA) is 71.2 Å². The molecule has 0 atom stereocenters. The van der Waals surface area contributed by atoms with Crippen LogP contribution in [0.1, 0.15) is 35.1 Å². The van der Waals surface area contributed by atoms with Gasteiger partial charge in [-0.1, -0.05) is 13.0 Å².